The van der Waals surface area contributed by atoms with Crippen molar-refractivity contribution in [3.63, 3.8) is 0 Å². The Morgan fingerprint density at radius 2 is 1.83 bits per heavy atom. The number of anilines is 2. The minimum atomic E-state index is -0.0887. The van der Waals surface area contributed by atoms with Crippen LogP contribution < -0.4 is 10.2 Å². The smallest absolute Gasteiger partial charge is 0.234 e. The first-order valence-electron chi connectivity index (χ1n) is 9.78. The molecule has 7 nitrogen and oxygen atoms in total. The van der Waals surface area contributed by atoms with E-state index < -0.39 is 0 Å². The number of nitrogens with zero attached hydrogens (tertiary/aromatic N) is 5. The fourth-order valence-corrected chi connectivity index (χ4v) is 3.98. The SMILES string of the molecule is CC(C)c1nc2ccccc2c2nnc(SCC(=O)Nc3ccc(N(C)C)cc3)n12. The highest BCUT2D eigenvalue weighted by Gasteiger charge is 2.18. The maximum atomic E-state index is 12.5. The molecular formula is C22H24N6OS. The van der Waals surface area contributed by atoms with E-state index in [1.807, 2.05) is 71.9 Å². The van der Waals surface area contributed by atoms with Crippen LogP contribution in [0.4, 0.5) is 11.4 Å². The number of hydrogen-bond donors (Lipinski definition) is 1. The largest absolute Gasteiger partial charge is 0.378 e. The molecule has 0 atom stereocenters. The zero-order valence-electron chi connectivity index (χ0n) is 17.5. The summed E-state index contributed by atoms with van der Waals surface area (Å²) in [6.45, 7) is 4.18. The Labute approximate surface area is 179 Å². The van der Waals surface area contributed by atoms with Gasteiger partial charge in [-0.25, -0.2) is 4.98 Å². The number of amides is 1. The van der Waals surface area contributed by atoms with E-state index in [4.69, 9.17) is 4.98 Å². The zero-order chi connectivity index (χ0) is 21.3. The summed E-state index contributed by atoms with van der Waals surface area (Å²) in [6, 6.07) is 15.7. The molecule has 4 rings (SSSR count). The molecule has 2 aromatic carbocycles. The van der Waals surface area contributed by atoms with Crippen molar-refractivity contribution in [1.29, 1.82) is 0 Å². The maximum Gasteiger partial charge on any atom is 0.234 e. The lowest BCUT2D eigenvalue weighted by molar-refractivity contribution is -0.113. The van der Waals surface area contributed by atoms with Crippen LogP contribution in [-0.2, 0) is 4.79 Å². The van der Waals surface area contributed by atoms with Crippen molar-refractivity contribution in [1.82, 2.24) is 19.6 Å². The van der Waals surface area contributed by atoms with Crippen LogP contribution >= 0.6 is 11.8 Å². The number of para-hydroxylation sites is 1. The zero-order valence-corrected chi connectivity index (χ0v) is 18.3. The van der Waals surface area contributed by atoms with Gasteiger partial charge < -0.3 is 10.2 Å². The lowest BCUT2D eigenvalue weighted by Gasteiger charge is -2.13. The fraction of sp³-hybridized carbons (Fsp3) is 0.273. The fourth-order valence-electron chi connectivity index (χ4n) is 3.24. The molecule has 4 aromatic rings. The summed E-state index contributed by atoms with van der Waals surface area (Å²) in [7, 11) is 3.97. The van der Waals surface area contributed by atoms with E-state index in [0.717, 1.165) is 33.7 Å². The van der Waals surface area contributed by atoms with Crippen LogP contribution in [-0.4, -0.2) is 45.3 Å². The molecule has 0 saturated heterocycles. The van der Waals surface area contributed by atoms with E-state index in [1.165, 1.54) is 11.8 Å². The number of nitrogens with one attached hydrogen (secondary N) is 1. The average molecular weight is 421 g/mol. The number of hydrogen-bond acceptors (Lipinski definition) is 6. The predicted molar refractivity (Wildman–Crippen MR) is 122 cm³/mol. The van der Waals surface area contributed by atoms with Gasteiger partial charge in [0.25, 0.3) is 0 Å². The highest BCUT2D eigenvalue weighted by atomic mass is 32.2. The van der Waals surface area contributed by atoms with E-state index in [9.17, 15) is 4.79 Å². The van der Waals surface area contributed by atoms with Crippen LogP contribution in [0.1, 0.15) is 25.6 Å². The number of rotatable bonds is 6. The molecular weight excluding hydrogens is 396 g/mol. The van der Waals surface area contributed by atoms with Crippen LogP contribution in [0.5, 0.6) is 0 Å². The van der Waals surface area contributed by atoms with Crippen molar-refractivity contribution in [2.75, 3.05) is 30.1 Å². The van der Waals surface area contributed by atoms with Gasteiger partial charge in [-0.15, -0.1) is 10.2 Å². The molecule has 154 valence electrons. The second-order valence-corrected chi connectivity index (χ2v) is 8.50. The Hall–Kier alpha value is -3.13. The van der Waals surface area contributed by atoms with Gasteiger partial charge in [0.2, 0.25) is 5.91 Å². The lowest BCUT2D eigenvalue weighted by atomic mass is 10.2. The summed E-state index contributed by atoms with van der Waals surface area (Å²) >= 11 is 1.36. The molecule has 0 saturated carbocycles. The van der Waals surface area contributed by atoms with Gasteiger partial charge in [-0.2, -0.15) is 0 Å². The van der Waals surface area contributed by atoms with Gasteiger partial charge in [-0.3, -0.25) is 9.20 Å². The van der Waals surface area contributed by atoms with Gasteiger partial charge in [-0.1, -0.05) is 37.7 Å². The summed E-state index contributed by atoms with van der Waals surface area (Å²) in [5, 5.41) is 13.3. The summed E-state index contributed by atoms with van der Waals surface area (Å²) in [5.41, 5.74) is 3.52. The molecule has 0 aliphatic rings. The molecule has 0 fully saturated rings. The predicted octanol–water partition coefficient (Wildman–Crippen LogP) is 4.20. The van der Waals surface area contributed by atoms with Crippen molar-refractivity contribution >= 4 is 45.6 Å². The number of aromatic nitrogens is 4. The van der Waals surface area contributed by atoms with E-state index in [2.05, 4.69) is 29.4 Å². The van der Waals surface area contributed by atoms with Gasteiger partial charge in [0.05, 0.1) is 11.3 Å². The van der Waals surface area contributed by atoms with E-state index >= 15 is 0 Å². The molecule has 1 N–H and O–H groups in total. The van der Waals surface area contributed by atoms with Gasteiger partial charge in [0.15, 0.2) is 10.8 Å². The molecule has 0 aliphatic heterocycles. The molecule has 8 heteroatoms. The monoisotopic (exact) mass is 420 g/mol. The van der Waals surface area contributed by atoms with Crippen LogP contribution in [0.25, 0.3) is 16.6 Å². The van der Waals surface area contributed by atoms with E-state index in [0.29, 0.717) is 5.16 Å². The Kier molecular flexibility index (Phi) is 5.59. The first kappa shape index (κ1) is 20.2. The Morgan fingerprint density at radius 1 is 1.10 bits per heavy atom. The minimum Gasteiger partial charge on any atom is -0.378 e. The number of carbonyl (C=O) groups excluding carboxylic acids is 1. The van der Waals surface area contributed by atoms with Gasteiger partial charge in [0.1, 0.15) is 5.82 Å². The quantitative estimate of drug-likeness (QED) is 0.471. The summed E-state index contributed by atoms with van der Waals surface area (Å²) in [6.07, 6.45) is 0. The number of benzene rings is 2. The molecule has 2 heterocycles. The van der Waals surface area contributed by atoms with Crippen molar-refractivity contribution in [3.05, 3.63) is 54.4 Å². The van der Waals surface area contributed by atoms with Gasteiger partial charge >= 0.3 is 0 Å². The molecule has 0 aliphatic carbocycles. The third-order valence-corrected chi connectivity index (χ3v) is 5.69. The van der Waals surface area contributed by atoms with Gasteiger partial charge in [-0.05, 0) is 36.4 Å². The molecule has 0 bridgehead atoms. The first-order chi connectivity index (χ1) is 14.4. The van der Waals surface area contributed by atoms with Crippen molar-refractivity contribution < 1.29 is 4.79 Å². The Bertz CT molecular complexity index is 1200. The van der Waals surface area contributed by atoms with Crippen LogP contribution in [0.2, 0.25) is 0 Å². The van der Waals surface area contributed by atoms with Crippen molar-refractivity contribution in [3.8, 4) is 0 Å². The normalized spacial score (nSPS) is 11.4. The van der Waals surface area contributed by atoms with E-state index in [-0.39, 0.29) is 17.6 Å². The van der Waals surface area contributed by atoms with E-state index in [1.54, 1.807) is 0 Å². The highest BCUT2D eigenvalue weighted by molar-refractivity contribution is 7.99. The number of fused-ring (bicyclic) bond motifs is 3. The second kappa shape index (κ2) is 8.31. The minimum absolute atomic E-state index is 0.0887. The summed E-state index contributed by atoms with van der Waals surface area (Å²) < 4.78 is 1.97. The molecule has 0 unspecified atom stereocenters. The maximum absolute atomic E-state index is 12.5. The molecule has 2 aromatic heterocycles. The summed E-state index contributed by atoms with van der Waals surface area (Å²) in [5.74, 6) is 1.22. The van der Waals surface area contributed by atoms with Crippen LogP contribution in [0, 0.1) is 0 Å². The van der Waals surface area contributed by atoms with Crippen LogP contribution in [0.15, 0.2) is 53.7 Å². The number of thioether (sulfide) groups is 1. The molecule has 30 heavy (non-hydrogen) atoms. The highest BCUT2D eigenvalue weighted by Crippen LogP contribution is 2.27. The first-order valence-corrected chi connectivity index (χ1v) is 10.8. The third kappa shape index (κ3) is 3.95. The van der Waals surface area contributed by atoms with Crippen molar-refractivity contribution in [2.45, 2.75) is 24.9 Å². The number of carbonyl (C=O) groups is 1. The topological polar surface area (TPSA) is 75.4 Å². The molecule has 1 amide bonds. The molecule has 0 radical (unpaired) electrons. The Morgan fingerprint density at radius 3 is 2.53 bits per heavy atom. The molecule has 0 spiro atoms. The summed E-state index contributed by atoms with van der Waals surface area (Å²) in [4.78, 5) is 19.3. The van der Waals surface area contributed by atoms with Crippen molar-refractivity contribution in [2.24, 2.45) is 0 Å². The third-order valence-electron chi connectivity index (χ3n) is 4.76. The average Bonchev–Trinajstić information content (AvgIpc) is 3.16. The Balaban J connectivity index is 1.55. The second-order valence-electron chi connectivity index (χ2n) is 7.56. The standard InChI is InChI=1S/C22H24N6OS/c1-14(2)20-24-18-8-6-5-7-17(18)21-25-26-22(28(20)21)30-13-19(29)23-15-9-11-16(12-10-15)27(3)4/h5-12,14H,13H2,1-4H3,(H,23,29). The van der Waals surface area contributed by atoms with Crippen LogP contribution in [0.3, 0.4) is 0 Å². The van der Waals surface area contributed by atoms with Gasteiger partial charge in [0, 0.05) is 36.8 Å². The lowest BCUT2D eigenvalue weighted by Crippen LogP contribution is -2.15.